The zero-order valence-electron chi connectivity index (χ0n) is 11.5. The average molecular weight is 269 g/mol. The van der Waals surface area contributed by atoms with Gasteiger partial charge in [0, 0.05) is 11.6 Å². The zero-order valence-corrected chi connectivity index (χ0v) is 11.5. The number of rotatable bonds is 1. The first-order valence-corrected chi connectivity index (χ1v) is 7.75. The lowest BCUT2D eigenvalue weighted by Crippen LogP contribution is -2.51. The van der Waals surface area contributed by atoms with Crippen LogP contribution in [0.5, 0.6) is 5.88 Å². The number of aromatic hydroxyl groups is 1. The van der Waals surface area contributed by atoms with Gasteiger partial charge in [-0.15, -0.1) is 0 Å². The molecular formula is C16H19N3O. The molecule has 4 aliphatic carbocycles. The van der Waals surface area contributed by atoms with Gasteiger partial charge in [-0.3, -0.25) is 0 Å². The first-order chi connectivity index (χ1) is 9.72. The van der Waals surface area contributed by atoms with Gasteiger partial charge in [-0.25, -0.2) is 4.98 Å². The Bertz CT molecular complexity index is 655. The van der Waals surface area contributed by atoms with E-state index in [1.165, 1.54) is 38.5 Å². The van der Waals surface area contributed by atoms with Gasteiger partial charge in [0.2, 0.25) is 5.88 Å². The monoisotopic (exact) mass is 269 g/mol. The van der Waals surface area contributed by atoms with Crippen molar-refractivity contribution >= 4 is 11.2 Å². The first-order valence-electron chi connectivity index (χ1n) is 7.75. The third-order valence-corrected chi connectivity index (χ3v) is 5.90. The number of nitrogens with zero attached hydrogens (tertiary/aromatic N) is 3. The lowest BCUT2D eigenvalue weighted by molar-refractivity contribution is -0.0412. The summed E-state index contributed by atoms with van der Waals surface area (Å²) >= 11 is 0. The molecule has 20 heavy (non-hydrogen) atoms. The van der Waals surface area contributed by atoms with Crippen LogP contribution in [0.15, 0.2) is 18.5 Å². The van der Waals surface area contributed by atoms with Crippen LogP contribution in [0.25, 0.3) is 11.2 Å². The first kappa shape index (κ1) is 11.1. The minimum Gasteiger partial charge on any atom is -0.493 e. The highest BCUT2D eigenvalue weighted by Crippen LogP contribution is 2.59. The number of pyridine rings is 1. The molecule has 2 aromatic rings. The van der Waals surface area contributed by atoms with Crippen LogP contribution < -0.4 is 0 Å². The van der Waals surface area contributed by atoms with Gasteiger partial charge < -0.3 is 9.67 Å². The lowest BCUT2D eigenvalue weighted by Gasteiger charge is -2.57. The molecule has 4 aliphatic rings. The highest BCUT2D eigenvalue weighted by molar-refractivity contribution is 5.71. The van der Waals surface area contributed by atoms with Crippen molar-refractivity contribution in [2.75, 3.05) is 0 Å². The van der Waals surface area contributed by atoms with E-state index in [-0.39, 0.29) is 11.4 Å². The largest absolute Gasteiger partial charge is 0.493 e. The van der Waals surface area contributed by atoms with Gasteiger partial charge in [-0.2, -0.15) is 4.98 Å². The second kappa shape index (κ2) is 3.54. The Kier molecular flexibility index (Phi) is 1.97. The summed E-state index contributed by atoms with van der Waals surface area (Å²) in [4.78, 5) is 8.86. The Morgan fingerprint density at radius 1 is 1.05 bits per heavy atom. The van der Waals surface area contributed by atoms with E-state index in [1.54, 1.807) is 6.07 Å². The third kappa shape index (κ3) is 1.37. The average Bonchev–Trinajstić information content (AvgIpc) is 2.80. The summed E-state index contributed by atoms with van der Waals surface area (Å²) in [6.45, 7) is 0. The number of aromatic nitrogens is 3. The molecular weight excluding hydrogens is 250 g/mol. The minimum atomic E-state index is 0.101. The van der Waals surface area contributed by atoms with Gasteiger partial charge in [0.15, 0.2) is 5.65 Å². The lowest BCUT2D eigenvalue weighted by atomic mass is 9.53. The maximum atomic E-state index is 9.70. The van der Waals surface area contributed by atoms with Gasteiger partial charge >= 0.3 is 0 Å². The molecule has 104 valence electrons. The molecule has 0 unspecified atom stereocenters. The van der Waals surface area contributed by atoms with E-state index in [2.05, 4.69) is 14.5 Å². The summed E-state index contributed by atoms with van der Waals surface area (Å²) < 4.78 is 2.30. The molecule has 0 radical (unpaired) electrons. The predicted octanol–water partition coefficient (Wildman–Crippen LogP) is 3.06. The molecule has 0 spiro atoms. The molecule has 4 saturated carbocycles. The Morgan fingerprint density at radius 3 is 2.35 bits per heavy atom. The van der Waals surface area contributed by atoms with Crippen LogP contribution in [0.3, 0.4) is 0 Å². The molecule has 6 rings (SSSR count). The highest BCUT2D eigenvalue weighted by atomic mass is 16.3. The van der Waals surface area contributed by atoms with E-state index < -0.39 is 0 Å². The summed E-state index contributed by atoms with van der Waals surface area (Å²) in [5.41, 5.74) is 2.00. The molecule has 1 N–H and O–H groups in total. The van der Waals surface area contributed by atoms with E-state index in [9.17, 15) is 5.11 Å². The fourth-order valence-corrected chi connectivity index (χ4v) is 5.59. The molecule has 0 aromatic carbocycles. The van der Waals surface area contributed by atoms with Gasteiger partial charge in [-0.1, -0.05) is 0 Å². The van der Waals surface area contributed by atoms with Crippen LogP contribution in [0, 0.1) is 17.8 Å². The van der Waals surface area contributed by atoms with E-state index in [0.717, 1.165) is 28.9 Å². The fraction of sp³-hybridized carbons (Fsp3) is 0.625. The SMILES string of the molecule is Oc1ccc2ncn(C34CC5CC(CC(C5)C3)C4)c2n1. The maximum Gasteiger partial charge on any atom is 0.212 e. The standard InChI is InChI=1S/C16H19N3O/c20-14-2-1-13-15(18-14)19(9-17-13)16-6-10-3-11(7-16)5-12(4-10)8-16/h1-2,9-12H,3-8H2,(H,18,20). The maximum absolute atomic E-state index is 9.70. The molecule has 4 nitrogen and oxygen atoms in total. The number of hydrogen-bond donors (Lipinski definition) is 1. The number of hydrogen-bond acceptors (Lipinski definition) is 3. The van der Waals surface area contributed by atoms with Crippen molar-refractivity contribution in [1.29, 1.82) is 0 Å². The highest BCUT2D eigenvalue weighted by Gasteiger charge is 2.52. The van der Waals surface area contributed by atoms with Crippen molar-refractivity contribution in [3.8, 4) is 5.88 Å². The second-order valence-electron chi connectivity index (χ2n) is 7.27. The Balaban J connectivity index is 1.69. The predicted molar refractivity (Wildman–Crippen MR) is 75.3 cm³/mol. The number of fused-ring (bicyclic) bond motifs is 1. The molecule has 4 fully saturated rings. The minimum absolute atomic E-state index is 0.101. The van der Waals surface area contributed by atoms with Crippen molar-refractivity contribution < 1.29 is 5.11 Å². The van der Waals surface area contributed by atoms with Crippen molar-refractivity contribution in [2.24, 2.45) is 17.8 Å². The second-order valence-corrected chi connectivity index (χ2v) is 7.27. The van der Waals surface area contributed by atoms with Crippen molar-refractivity contribution in [3.05, 3.63) is 18.5 Å². The normalized spacial score (nSPS) is 38.7. The van der Waals surface area contributed by atoms with Gasteiger partial charge in [0.1, 0.15) is 5.52 Å². The zero-order chi connectivity index (χ0) is 13.3. The van der Waals surface area contributed by atoms with E-state index >= 15 is 0 Å². The van der Waals surface area contributed by atoms with E-state index in [1.807, 2.05) is 12.4 Å². The molecule has 0 atom stereocenters. The van der Waals surface area contributed by atoms with Crippen LogP contribution in [0.2, 0.25) is 0 Å². The number of imidazole rings is 1. The Hall–Kier alpha value is -1.58. The molecule has 2 aromatic heterocycles. The summed E-state index contributed by atoms with van der Waals surface area (Å²) in [6.07, 6.45) is 10.1. The topological polar surface area (TPSA) is 50.9 Å². The quantitative estimate of drug-likeness (QED) is 0.865. The Labute approximate surface area is 117 Å². The molecule has 0 amide bonds. The van der Waals surface area contributed by atoms with E-state index in [4.69, 9.17) is 0 Å². The van der Waals surface area contributed by atoms with E-state index in [0.29, 0.717) is 0 Å². The van der Waals surface area contributed by atoms with Crippen LogP contribution in [0.4, 0.5) is 0 Å². The summed E-state index contributed by atoms with van der Waals surface area (Å²) in [5.74, 6) is 2.80. The molecule has 0 aliphatic heterocycles. The van der Waals surface area contributed by atoms with Crippen molar-refractivity contribution in [3.63, 3.8) is 0 Å². The van der Waals surface area contributed by atoms with Gasteiger partial charge in [0.25, 0.3) is 0 Å². The van der Waals surface area contributed by atoms with Crippen LogP contribution in [-0.4, -0.2) is 19.6 Å². The molecule has 4 heteroatoms. The smallest absolute Gasteiger partial charge is 0.212 e. The third-order valence-electron chi connectivity index (χ3n) is 5.90. The summed E-state index contributed by atoms with van der Waals surface area (Å²) in [6, 6.07) is 3.49. The Morgan fingerprint density at radius 2 is 1.70 bits per heavy atom. The molecule has 4 bridgehead atoms. The van der Waals surface area contributed by atoms with Gasteiger partial charge in [-0.05, 0) is 62.3 Å². The summed E-state index contributed by atoms with van der Waals surface area (Å²) in [7, 11) is 0. The van der Waals surface area contributed by atoms with Crippen LogP contribution in [0.1, 0.15) is 38.5 Å². The molecule has 0 saturated heterocycles. The van der Waals surface area contributed by atoms with Crippen molar-refractivity contribution in [2.45, 2.75) is 44.1 Å². The van der Waals surface area contributed by atoms with Crippen LogP contribution >= 0.6 is 0 Å². The van der Waals surface area contributed by atoms with Gasteiger partial charge in [0.05, 0.1) is 6.33 Å². The fourth-order valence-electron chi connectivity index (χ4n) is 5.59. The molecule has 2 heterocycles. The summed E-state index contributed by atoms with van der Waals surface area (Å²) in [5, 5.41) is 9.70. The van der Waals surface area contributed by atoms with Crippen LogP contribution in [-0.2, 0) is 5.54 Å². The van der Waals surface area contributed by atoms with Crippen molar-refractivity contribution in [1.82, 2.24) is 14.5 Å².